The zero-order valence-electron chi connectivity index (χ0n) is 11.1. The molecule has 1 aromatic rings. The molecular formula is C14H19NO4. The van der Waals surface area contributed by atoms with Crippen LogP contribution in [0, 0.1) is 0 Å². The Bertz CT molecular complexity index is 414. The Kier molecular flexibility index (Phi) is 6.43. The number of hydrogen-bond acceptors (Lipinski definition) is 5. The first-order valence-corrected chi connectivity index (χ1v) is 6.18. The SMILES string of the molecule is COC(=O)CCCOC(=O)CCc1ccc(N)cc1. The molecule has 1 aromatic carbocycles. The number of carbonyl (C=O) groups is 2. The average molecular weight is 265 g/mol. The second-order valence-electron chi connectivity index (χ2n) is 4.14. The van der Waals surface area contributed by atoms with Crippen LogP contribution in [0.25, 0.3) is 0 Å². The summed E-state index contributed by atoms with van der Waals surface area (Å²) >= 11 is 0. The number of rotatable bonds is 7. The van der Waals surface area contributed by atoms with Crippen molar-refractivity contribution in [2.45, 2.75) is 25.7 Å². The van der Waals surface area contributed by atoms with E-state index in [9.17, 15) is 9.59 Å². The Hall–Kier alpha value is -2.04. The lowest BCUT2D eigenvalue weighted by Gasteiger charge is -2.05. The molecule has 0 aliphatic heterocycles. The third kappa shape index (κ3) is 6.45. The van der Waals surface area contributed by atoms with Crippen molar-refractivity contribution in [2.75, 3.05) is 19.5 Å². The van der Waals surface area contributed by atoms with Gasteiger partial charge in [0.15, 0.2) is 0 Å². The van der Waals surface area contributed by atoms with Gasteiger partial charge < -0.3 is 15.2 Å². The van der Waals surface area contributed by atoms with E-state index in [1.807, 2.05) is 12.1 Å². The minimum atomic E-state index is -0.294. The summed E-state index contributed by atoms with van der Waals surface area (Å²) in [5.74, 6) is -0.556. The number of esters is 2. The molecule has 2 N–H and O–H groups in total. The number of hydrogen-bond donors (Lipinski definition) is 1. The van der Waals surface area contributed by atoms with Gasteiger partial charge in [0.2, 0.25) is 0 Å². The Morgan fingerprint density at radius 1 is 1.11 bits per heavy atom. The van der Waals surface area contributed by atoms with Crippen molar-refractivity contribution in [3.05, 3.63) is 29.8 Å². The fourth-order valence-corrected chi connectivity index (χ4v) is 1.51. The summed E-state index contributed by atoms with van der Waals surface area (Å²) in [6.07, 6.45) is 1.69. The smallest absolute Gasteiger partial charge is 0.306 e. The van der Waals surface area contributed by atoms with Gasteiger partial charge in [0.05, 0.1) is 13.7 Å². The van der Waals surface area contributed by atoms with Crippen molar-refractivity contribution in [3.63, 3.8) is 0 Å². The molecule has 0 aromatic heterocycles. The highest BCUT2D eigenvalue weighted by atomic mass is 16.5. The molecule has 0 fully saturated rings. The normalized spacial score (nSPS) is 9.95. The standard InChI is InChI=1S/C14H19NO4/c1-18-13(16)3-2-10-19-14(17)9-6-11-4-7-12(15)8-5-11/h4-5,7-8H,2-3,6,9-10,15H2,1H3. The molecule has 0 aliphatic rings. The molecule has 0 aliphatic carbocycles. The van der Waals surface area contributed by atoms with Gasteiger partial charge in [-0.05, 0) is 30.5 Å². The fourth-order valence-electron chi connectivity index (χ4n) is 1.51. The molecule has 5 heteroatoms. The maximum absolute atomic E-state index is 11.4. The molecule has 0 saturated heterocycles. The van der Waals surface area contributed by atoms with Gasteiger partial charge in [-0.3, -0.25) is 9.59 Å². The summed E-state index contributed by atoms with van der Waals surface area (Å²) in [6.45, 7) is 0.246. The molecular weight excluding hydrogens is 246 g/mol. The van der Waals surface area contributed by atoms with Crippen LogP contribution in [0.3, 0.4) is 0 Å². The molecule has 1 rings (SSSR count). The van der Waals surface area contributed by atoms with Crippen LogP contribution < -0.4 is 5.73 Å². The lowest BCUT2D eigenvalue weighted by Crippen LogP contribution is -2.09. The molecule has 0 heterocycles. The molecule has 0 atom stereocenters. The predicted molar refractivity (Wildman–Crippen MR) is 71.4 cm³/mol. The topological polar surface area (TPSA) is 78.6 Å². The molecule has 5 nitrogen and oxygen atoms in total. The number of anilines is 1. The minimum absolute atomic E-state index is 0.246. The van der Waals surface area contributed by atoms with E-state index in [0.29, 0.717) is 24.9 Å². The maximum atomic E-state index is 11.4. The first-order valence-electron chi connectivity index (χ1n) is 6.18. The van der Waals surface area contributed by atoms with Gasteiger partial charge >= 0.3 is 11.9 Å². The second-order valence-corrected chi connectivity index (χ2v) is 4.14. The third-order valence-electron chi connectivity index (χ3n) is 2.61. The molecule has 104 valence electrons. The molecule has 0 spiro atoms. The Balaban J connectivity index is 2.14. The molecule has 0 unspecified atom stereocenters. The summed E-state index contributed by atoms with van der Waals surface area (Å²) in [5.41, 5.74) is 7.32. The van der Waals surface area contributed by atoms with E-state index in [0.717, 1.165) is 5.56 Å². The molecule has 0 radical (unpaired) electrons. The maximum Gasteiger partial charge on any atom is 0.306 e. The van der Waals surface area contributed by atoms with Crippen molar-refractivity contribution in [3.8, 4) is 0 Å². The highest BCUT2D eigenvalue weighted by Crippen LogP contribution is 2.08. The predicted octanol–water partition coefficient (Wildman–Crippen LogP) is 1.70. The minimum Gasteiger partial charge on any atom is -0.469 e. The van der Waals surface area contributed by atoms with Gasteiger partial charge in [-0.15, -0.1) is 0 Å². The summed E-state index contributed by atoms with van der Waals surface area (Å²) in [5, 5.41) is 0. The molecule has 0 amide bonds. The van der Waals surface area contributed by atoms with Crippen LogP contribution in [0.4, 0.5) is 5.69 Å². The van der Waals surface area contributed by atoms with E-state index in [2.05, 4.69) is 4.74 Å². The lowest BCUT2D eigenvalue weighted by atomic mass is 10.1. The monoisotopic (exact) mass is 265 g/mol. The van der Waals surface area contributed by atoms with Crippen molar-refractivity contribution in [1.29, 1.82) is 0 Å². The van der Waals surface area contributed by atoms with Gasteiger partial charge in [0, 0.05) is 18.5 Å². The van der Waals surface area contributed by atoms with Crippen LogP contribution in [-0.2, 0) is 25.5 Å². The van der Waals surface area contributed by atoms with Gasteiger partial charge in [0.1, 0.15) is 0 Å². The van der Waals surface area contributed by atoms with Crippen molar-refractivity contribution < 1.29 is 19.1 Å². The third-order valence-corrected chi connectivity index (χ3v) is 2.61. The number of ether oxygens (including phenoxy) is 2. The van der Waals surface area contributed by atoms with Crippen molar-refractivity contribution in [1.82, 2.24) is 0 Å². The fraction of sp³-hybridized carbons (Fsp3) is 0.429. The van der Waals surface area contributed by atoms with Gasteiger partial charge in [0.25, 0.3) is 0 Å². The van der Waals surface area contributed by atoms with Gasteiger partial charge in [-0.25, -0.2) is 0 Å². The second kappa shape index (κ2) is 8.13. The van der Waals surface area contributed by atoms with Gasteiger partial charge in [-0.1, -0.05) is 12.1 Å². The van der Waals surface area contributed by atoms with Crippen LogP contribution in [0.5, 0.6) is 0 Å². The van der Waals surface area contributed by atoms with Gasteiger partial charge in [-0.2, -0.15) is 0 Å². The Morgan fingerprint density at radius 3 is 2.42 bits per heavy atom. The summed E-state index contributed by atoms with van der Waals surface area (Å²) in [4.78, 5) is 22.3. The van der Waals surface area contributed by atoms with E-state index in [4.69, 9.17) is 10.5 Å². The van der Waals surface area contributed by atoms with Crippen LogP contribution in [0.2, 0.25) is 0 Å². The van der Waals surface area contributed by atoms with E-state index >= 15 is 0 Å². The Labute approximate surface area is 112 Å². The quantitative estimate of drug-likeness (QED) is 0.461. The van der Waals surface area contributed by atoms with E-state index in [1.165, 1.54) is 7.11 Å². The molecule has 19 heavy (non-hydrogen) atoms. The number of nitrogen functional groups attached to an aromatic ring is 1. The number of carbonyl (C=O) groups excluding carboxylic acids is 2. The van der Waals surface area contributed by atoms with Crippen LogP contribution >= 0.6 is 0 Å². The van der Waals surface area contributed by atoms with E-state index in [-0.39, 0.29) is 25.0 Å². The molecule has 0 saturated carbocycles. The Morgan fingerprint density at radius 2 is 1.79 bits per heavy atom. The summed E-state index contributed by atoms with van der Waals surface area (Å²) in [6, 6.07) is 7.38. The zero-order chi connectivity index (χ0) is 14.1. The molecule has 0 bridgehead atoms. The van der Waals surface area contributed by atoms with Crippen molar-refractivity contribution in [2.24, 2.45) is 0 Å². The highest BCUT2D eigenvalue weighted by Gasteiger charge is 2.05. The average Bonchev–Trinajstić information content (AvgIpc) is 2.42. The first kappa shape index (κ1) is 15.0. The van der Waals surface area contributed by atoms with Crippen LogP contribution in [0.15, 0.2) is 24.3 Å². The highest BCUT2D eigenvalue weighted by molar-refractivity contribution is 5.70. The number of aryl methyl sites for hydroxylation is 1. The number of benzene rings is 1. The summed E-state index contributed by atoms with van der Waals surface area (Å²) < 4.78 is 9.49. The number of nitrogens with two attached hydrogens (primary N) is 1. The van der Waals surface area contributed by atoms with Crippen LogP contribution in [0.1, 0.15) is 24.8 Å². The zero-order valence-corrected chi connectivity index (χ0v) is 11.1. The first-order chi connectivity index (χ1) is 9.11. The number of methoxy groups -OCH3 is 1. The lowest BCUT2D eigenvalue weighted by molar-refractivity contribution is -0.146. The van der Waals surface area contributed by atoms with E-state index in [1.54, 1.807) is 12.1 Å². The van der Waals surface area contributed by atoms with E-state index < -0.39 is 0 Å². The van der Waals surface area contributed by atoms with Crippen molar-refractivity contribution >= 4 is 17.6 Å². The summed E-state index contributed by atoms with van der Waals surface area (Å²) in [7, 11) is 1.33. The largest absolute Gasteiger partial charge is 0.469 e. The van der Waals surface area contributed by atoms with Crippen LogP contribution in [-0.4, -0.2) is 25.7 Å².